The molecule has 0 radical (unpaired) electrons. The SMILES string of the molecule is COCCNC(=NCc1ccccc1OC(F)F)NCC(=O)N(C)C. The molecule has 0 saturated heterocycles. The molecule has 2 N–H and O–H groups in total. The highest BCUT2D eigenvalue weighted by molar-refractivity contribution is 5.86. The van der Waals surface area contributed by atoms with Crippen LogP contribution in [-0.2, 0) is 16.1 Å². The number of aliphatic imine (C=N–C) groups is 1. The number of para-hydroxylation sites is 1. The zero-order valence-electron chi connectivity index (χ0n) is 14.6. The van der Waals surface area contributed by atoms with Crippen LogP contribution >= 0.6 is 0 Å². The summed E-state index contributed by atoms with van der Waals surface area (Å²) in [6.07, 6.45) is 0. The van der Waals surface area contributed by atoms with Gasteiger partial charge in [-0.05, 0) is 6.07 Å². The van der Waals surface area contributed by atoms with Crippen LogP contribution in [0.1, 0.15) is 5.56 Å². The molecule has 9 heteroatoms. The second-order valence-corrected chi connectivity index (χ2v) is 5.21. The van der Waals surface area contributed by atoms with Crippen molar-refractivity contribution in [1.29, 1.82) is 0 Å². The fourth-order valence-electron chi connectivity index (χ4n) is 1.77. The number of guanidine groups is 1. The molecule has 0 spiro atoms. The highest BCUT2D eigenvalue weighted by Crippen LogP contribution is 2.20. The average Bonchev–Trinajstić information content (AvgIpc) is 2.57. The molecule has 0 aliphatic rings. The minimum absolute atomic E-state index is 0.0565. The van der Waals surface area contributed by atoms with Gasteiger partial charge in [-0.15, -0.1) is 0 Å². The minimum Gasteiger partial charge on any atom is -0.434 e. The summed E-state index contributed by atoms with van der Waals surface area (Å²) in [5.74, 6) is 0.323. The molecule has 25 heavy (non-hydrogen) atoms. The summed E-state index contributed by atoms with van der Waals surface area (Å²) in [4.78, 5) is 17.4. The molecule has 140 valence electrons. The number of methoxy groups -OCH3 is 1. The molecule has 1 aromatic carbocycles. The number of hydrogen-bond acceptors (Lipinski definition) is 4. The molecular weight excluding hydrogens is 334 g/mol. The first-order chi connectivity index (χ1) is 11.9. The van der Waals surface area contributed by atoms with E-state index < -0.39 is 6.61 Å². The van der Waals surface area contributed by atoms with Gasteiger partial charge in [0.1, 0.15) is 5.75 Å². The molecule has 0 aromatic heterocycles. The Bertz CT molecular complexity index is 568. The van der Waals surface area contributed by atoms with Gasteiger partial charge in [0.05, 0.1) is 19.7 Å². The highest BCUT2D eigenvalue weighted by atomic mass is 19.3. The monoisotopic (exact) mass is 358 g/mol. The smallest absolute Gasteiger partial charge is 0.387 e. The Kier molecular flexibility index (Phi) is 9.23. The van der Waals surface area contributed by atoms with Gasteiger partial charge in [0.15, 0.2) is 5.96 Å². The number of rotatable bonds is 9. The third-order valence-electron chi connectivity index (χ3n) is 3.10. The maximum absolute atomic E-state index is 12.5. The van der Waals surface area contributed by atoms with Crippen molar-refractivity contribution in [3.8, 4) is 5.75 Å². The van der Waals surface area contributed by atoms with Crippen molar-refractivity contribution < 1.29 is 23.0 Å². The van der Waals surface area contributed by atoms with Crippen molar-refractivity contribution in [2.45, 2.75) is 13.2 Å². The minimum atomic E-state index is -2.90. The number of carbonyl (C=O) groups is 1. The Morgan fingerprint density at radius 3 is 2.64 bits per heavy atom. The van der Waals surface area contributed by atoms with Gasteiger partial charge in [-0.1, -0.05) is 18.2 Å². The Labute approximate surface area is 146 Å². The number of nitrogens with zero attached hydrogens (tertiary/aromatic N) is 2. The van der Waals surface area contributed by atoms with E-state index in [-0.39, 0.29) is 24.7 Å². The molecule has 0 heterocycles. The van der Waals surface area contributed by atoms with Crippen molar-refractivity contribution in [3.05, 3.63) is 29.8 Å². The number of alkyl halides is 2. The van der Waals surface area contributed by atoms with Crippen LogP contribution in [0.2, 0.25) is 0 Å². The lowest BCUT2D eigenvalue weighted by Gasteiger charge is -2.15. The van der Waals surface area contributed by atoms with Crippen LogP contribution in [0.5, 0.6) is 5.75 Å². The van der Waals surface area contributed by atoms with E-state index in [4.69, 9.17) is 4.74 Å². The summed E-state index contributed by atoms with van der Waals surface area (Å²) in [5.41, 5.74) is 0.509. The number of hydrogen-bond donors (Lipinski definition) is 2. The number of halogens is 2. The van der Waals surface area contributed by atoms with Gasteiger partial charge in [0.25, 0.3) is 0 Å². The standard InChI is InChI=1S/C16H24F2N4O3/c1-22(2)14(23)11-21-16(19-8-9-24-3)20-10-12-6-4-5-7-13(12)25-15(17)18/h4-7,15H,8-11H2,1-3H3,(H2,19,20,21). The Balaban J connectivity index is 2.78. The number of nitrogens with one attached hydrogen (secondary N) is 2. The van der Waals surface area contributed by atoms with Gasteiger partial charge < -0.3 is 25.0 Å². The molecule has 0 aliphatic heterocycles. The van der Waals surface area contributed by atoms with Crippen LogP contribution in [0.4, 0.5) is 8.78 Å². The van der Waals surface area contributed by atoms with Crippen LogP contribution in [0.15, 0.2) is 29.3 Å². The van der Waals surface area contributed by atoms with Crippen molar-refractivity contribution >= 4 is 11.9 Å². The summed E-state index contributed by atoms with van der Waals surface area (Å²) >= 11 is 0. The van der Waals surface area contributed by atoms with Crippen LogP contribution < -0.4 is 15.4 Å². The van der Waals surface area contributed by atoms with E-state index in [0.717, 1.165) is 0 Å². The summed E-state index contributed by atoms with van der Waals surface area (Å²) in [6.45, 7) is -1.80. The molecule has 0 bridgehead atoms. The maximum atomic E-state index is 12.5. The number of carbonyl (C=O) groups excluding carboxylic acids is 1. The highest BCUT2D eigenvalue weighted by Gasteiger charge is 2.10. The van der Waals surface area contributed by atoms with E-state index in [1.165, 1.54) is 11.0 Å². The topological polar surface area (TPSA) is 75.2 Å². The van der Waals surface area contributed by atoms with Crippen molar-refractivity contribution in [2.24, 2.45) is 4.99 Å². The predicted molar refractivity (Wildman–Crippen MR) is 90.8 cm³/mol. The molecule has 0 fully saturated rings. The fraction of sp³-hybridized carbons (Fsp3) is 0.500. The van der Waals surface area contributed by atoms with Crippen LogP contribution in [-0.4, -0.2) is 64.3 Å². The molecule has 7 nitrogen and oxygen atoms in total. The van der Waals surface area contributed by atoms with Gasteiger partial charge in [-0.25, -0.2) is 4.99 Å². The second-order valence-electron chi connectivity index (χ2n) is 5.21. The average molecular weight is 358 g/mol. The van der Waals surface area contributed by atoms with Crippen molar-refractivity contribution in [2.75, 3.05) is 40.9 Å². The van der Waals surface area contributed by atoms with E-state index in [1.54, 1.807) is 39.4 Å². The summed E-state index contributed by atoms with van der Waals surface area (Å²) in [5, 5.41) is 5.89. The normalized spacial score (nSPS) is 11.4. The van der Waals surface area contributed by atoms with E-state index in [0.29, 0.717) is 24.7 Å². The number of ether oxygens (including phenoxy) is 2. The van der Waals surface area contributed by atoms with Gasteiger partial charge in [-0.2, -0.15) is 8.78 Å². The molecule has 1 rings (SSSR count). The molecule has 1 amide bonds. The lowest BCUT2D eigenvalue weighted by molar-refractivity contribution is -0.127. The maximum Gasteiger partial charge on any atom is 0.387 e. The first-order valence-corrected chi connectivity index (χ1v) is 7.68. The summed E-state index contributed by atoms with van der Waals surface area (Å²) in [6, 6.07) is 6.43. The van der Waals surface area contributed by atoms with E-state index >= 15 is 0 Å². The zero-order chi connectivity index (χ0) is 18.7. The first kappa shape index (κ1) is 20.6. The van der Waals surface area contributed by atoms with Crippen molar-refractivity contribution in [1.82, 2.24) is 15.5 Å². The van der Waals surface area contributed by atoms with Gasteiger partial charge in [0, 0.05) is 33.3 Å². The lowest BCUT2D eigenvalue weighted by atomic mass is 10.2. The van der Waals surface area contributed by atoms with Crippen LogP contribution in [0.3, 0.4) is 0 Å². The summed E-state index contributed by atoms with van der Waals surface area (Å²) < 4.78 is 34.3. The quantitative estimate of drug-likeness (QED) is 0.392. The van der Waals surface area contributed by atoms with E-state index in [2.05, 4.69) is 20.4 Å². The predicted octanol–water partition coefficient (Wildman–Crippen LogP) is 1.06. The molecule has 1 aromatic rings. The first-order valence-electron chi connectivity index (χ1n) is 7.68. The van der Waals surface area contributed by atoms with Crippen LogP contribution in [0, 0.1) is 0 Å². The molecule has 0 atom stereocenters. The number of benzene rings is 1. The second kappa shape index (κ2) is 11.2. The summed E-state index contributed by atoms with van der Waals surface area (Å²) in [7, 11) is 4.87. The zero-order valence-corrected chi connectivity index (χ0v) is 14.6. The molecular formula is C16H24F2N4O3. The third-order valence-corrected chi connectivity index (χ3v) is 3.10. The molecule has 0 aliphatic carbocycles. The Morgan fingerprint density at radius 2 is 2.00 bits per heavy atom. The number of likely N-dealkylation sites (N-methyl/N-ethyl adjacent to an activating group) is 1. The Hall–Kier alpha value is -2.42. The van der Waals surface area contributed by atoms with Gasteiger partial charge in [-0.3, -0.25) is 4.79 Å². The third kappa shape index (κ3) is 8.30. The van der Waals surface area contributed by atoms with Gasteiger partial charge >= 0.3 is 6.61 Å². The number of amides is 1. The molecule has 0 saturated carbocycles. The molecule has 0 unspecified atom stereocenters. The van der Waals surface area contributed by atoms with E-state index in [1.807, 2.05) is 0 Å². The van der Waals surface area contributed by atoms with Crippen LogP contribution in [0.25, 0.3) is 0 Å². The lowest BCUT2D eigenvalue weighted by Crippen LogP contribution is -2.43. The van der Waals surface area contributed by atoms with Gasteiger partial charge in [0.2, 0.25) is 5.91 Å². The Morgan fingerprint density at radius 1 is 1.28 bits per heavy atom. The van der Waals surface area contributed by atoms with E-state index in [9.17, 15) is 13.6 Å². The fourth-order valence-corrected chi connectivity index (χ4v) is 1.77. The van der Waals surface area contributed by atoms with Crippen molar-refractivity contribution in [3.63, 3.8) is 0 Å². The largest absolute Gasteiger partial charge is 0.434 e.